The summed E-state index contributed by atoms with van der Waals surface area (Å²) >= 11 is 0. The molecule has 3 N–H and O–H groups in total. The van der Waals surface area contributed by atoms with Gasteiger partial charge in [0, 0.05) is 6.42 Å². The first-order valence-corrected chi connectivity index (χ1v) is 4.41. The van der Waals surface area contributed by atoms with E-state index in [1.807, 2.05) is 0 Å². The Morgan fingerprint density at radius 3 is 2.47 bits per heavy atom. The average molecular weight is 250 g/mol. The molecule has 1 rings (SSSR count). The first-order valence-electron chi connectivity index (χ1n) is 4.41. The van der Waals surface area contributed by atoms with Gasteiger partial charge in [-0.2, -0.15) is 13.2 Å². The number of aliphatic hydroxyl groups excluding tert-OH is 1. The second kappa shape index (κ2) is 4.70. The fourth-order valence-electron chi connectivity index (χ4n) is 1.15. The predicted molar refractivity (Wildman–Crippen MR) is 50.0 cm³/mol. The van der Waals surface area contributed by atoms with Crippen molar-refractivity contribution in [3.05, 3.63) is 41.6 Å². The van der Waals surface area contributed by atoms with Gasteiger partial charge in [-0.05, 0) is 11.6 Å². The van der Waals surface area contributed by atoms with Crippen LogP contribution in [0.25, 0.3) is 0 Å². The van der Waals surface area contributed by atoms with Crippen LogP contribution in [-0.2, 0) is 11.0 Å². The van der Waals surface area contributed by atoms with Crippen molar-refractivity contribution in [1.29, 1.82) is 0 Å². The number of rotatable bonds is 3. The van der Waals surface area contributed by atoms with Gasteiger partial charge in [0.25, 0.3) is 0 Å². The highest BCUT2D eigenvalue weighted by atomic mass is 19.4. The number of alkyl halides is 3. The fraction of sp³-hybridized carbons (Fsp3) is 0.200. The molecule has 0 unspecified atom stereocenters. The number of carbonyl (C=O) groups is 1. The second-order valence-electron chi connectivity index (χ2n) is 3.22. The van der Waals surface area contributed by atoms with E-state index in [9.17, 15) is 22.4 Å². The summed E-state index contributed by atoms with van der Waals surface area (Å²) < 4.78 is 50.3. The zero-order chi connectivity index (χ0) is 13.2. The summed E-state index contributed by atoms with van der Waals surface area (Å²) in [5, 5.41) is 9.02. The number of primary amides is 1. The lowest BCUT2D eigenvalue weighted by atomic mass is 10.0. The summed E-state index contributed by atoms with van der Waals surface area (Å²) in [6.07, 6.45) is -6.06. The topological polar surface area (TPSA) is 63.3 Å². The molecule has 3 nitrogen and oxygen atoms in total. The molecule has 1 atom stereocenters. The maximum Gasteiger partial charge on any atom is 0.419 e. The molecule has 1 aromatic carbocycles. The number of amides is 1. The zero-order valence-electron chi connectivity index (χ0n) is 8.33. The Labute approximate surface area is 93.8 Å². The number of hydrogen-bond acceptors (Lipinski definition) is 2. The Morgan fingerprint density at radius 2 is 2.00 bits per heavy atom. The average Bonchev–Trinajstić information content (AvgIpc) is 2.19. The summed E-state index contributed by atoms with van der Waals surface area (Å²) in [6.45, 7) is 0. The molecular weight excluding hydrogens is 242 g/mol. The zero-order valence-corrected chi connectivity index (χ0v) is 8.33. The standard InChI is InChI=1S/C10H8F4NO2/c11-8-5(4-7(16)9(15)17)2-1-3-6(8)10(12,13)14/h1-4,7,16H,(H2,15,17)/t7-/m1/s1. The van der Waals surface area contributed by atoms with Crippen LogP contribution < -0.4 is 5.73 Å². The number of halogens is 4. The van der Waals surface area contributed by atoms with E-state index in [4.69, 9.17) is 10.8 Å². The van der Waals surface area contributed by atoms with E-state index in [-0.39, 0.29) is 0 Å². The molecular formula is C10H8F4NO2. The second-order valence-corrected chi connectivity index (χ2v) is 3.22. The summed E-state index contributed by atoms with van der Waals surface area (Å²) in [7, 11) is 0. The molecule has 0 spiro atoms. The van der Waals surface area contributed by atoms with Crippen LogP contribution in [0.15, 0.2) is 18.2 Å². The minimum atomic E-state index is -4.84. The van der Waals surface area contributed by atoms with Crippen molar-refractivity contribution in [1.82, 2.24) is 0 Å². The van der Waals surface area contributed by atoms with Crippen molar-refractivity contribution in [2.75, 3.05) is 0 Å². The van der Waals surface area contributed by atoms with E-state index in [2.05, 4.69) is 0 Å². The smallest absolute Gasteiger partial charge is 0.383 e. The summed E-state index contributed by atoms with van der Waals surface area (Å²) in [5.41, 5.74) is 2.69. The minimum Gasteiger partial charge on any atom is -0.383 e. The van der Waals surface area contributed by atoms with Crippen LogP contribution in [-0.4, -0.2) is 17.1 Å². The largest absolute Gasteiger partial charge is 0.419 e. The van der Waals surface area contributed by atoms with E-state index in [1.54, 1.807) is 0 Å². The number of aliphatic hydroxyl groups is 1. The lowest BCUT2D eigenvalue weighted by Gasteiger charge is -2.12. The van der Waals surface area contributed by atoms with Crippen molar-refractivity contribution in [2.45, 2.75) is 12.3 Å². The van der Waals surface area contributed by atoms with Gasteiger partial charge in [0.05, 0.1) is 5.56 Å². The Bertz CT molecular complexity index is 431. The molecule has 0 fully saturated rings. The van der Waals surface area contributed by atoms with Gasteiger partial charge in [0.2, 0.25) is 5.91 Å². The summed E-state index contributed by atoms with van der Waals surface area (Å²) in [6, 6.07) is 2.52. The summed E-state index contributed by atoms with van der Waals surface area (Å²) in [4.78, 5) is 10.5. The van der Waals surface area contributed by atoms with Gasteiger partial charge < -0.3 is 10.8 Å². The predicted octanol–water partition coefficient (Wildman–Crippen LogP) is 1.24. The van der Waals surface area contributed by atoms with Crippen molar-refractivity contribution in [3.8, 4) is 0 Å². The third kappa shape index (κ3) is 3.16. The van der Waals surface area contributed by atoms with Crippen molar-refractivity contribution >= 4 is 5.91 Å². The monoisotopic (exact) mass is 250 g/mol. The van der Waals surface area contributed by atoms with Crippen LogP contribution in [0.3, 0.4) is 0 Å². The Kier molecular flexibility index (Phi) is 3.72. The highest BCUT2D eigenvalue weighted by molar-refractivity contribution is 5.80. The number of hydrogen-bond donors (Lipinski definition) is 2. The molecule has 0 aliphatic rings. The molecule has 7 heteroatoms. The van der Waals surface area contributed by atoms with E-state index in [1.165, 1.54) is 0 Å². The Hall–Kier alpha value is -1.63. The molecule has 1 aromatic rings. The molecule has 0 saturated carbocycles. The molecule has 1 radical (unpaired) electrons. The fourth-order valence-corrected chi connectivity index (χ4v) is 1.15. The Morgan fingerprint density at radius 1 is 1.41 bits per heavy atom. The van der Waals surface area contributed by atoms with Crippen molar-refractivity contribution < 1.29 is 27.5 Å². The van der Waals surface area contributed by atoms with Gasteiger partial charge >= 0.3 is 6.18 Å². The number of carbonyl (C=O) groups excluding carboxylic acids is 1. The van der Waals surface area contributed by atoms with Gasteiger partial charge in [-0.1, -0.05) is 12.1 Å². The van der Waals surface area contributed by atoms with Crippen LogP contribution >= 0.6 is 0 Å². The van der Waals surface area contributed by atoms with Crippen LogP contribution in [0.4, 0.5) is 17.6 Å². The van der Waals surface area contributed by atoms with E-state index >= 15 is 0 Å². The van der Waals surface area contributed by atoms with Gasteiger partial charge in [-0.3, -0.25) is 4.79 Å². The molecule has 0 aromatic heterocycles. The van der Waals surface area contributed by atoms with Gasteiger partial charge in [0.1, 0.15) is 11.9 Å². The minimum absolute atomic E-state index is 0.536. The number of nitrogens with two attached hydrogens (primary N) is 1. The Balaban J connectivity index is 3.07. The lowest BCUT2D eigenvalue weighted by molar-refractivity contribution is -0.140. The molecule has 0 saturated heterocycles. The van der Waals surface area contributed by atoms with E-state index in [0.717, 1.165) is 12.1 Å². The third-order valence-corrected chi connectivity index (χ3v) is 1.96. The quantitative estimate of drug-likeness (QED) is 0.793. The maximum absolute atomic E-state index is 13.4. The molecule has 0 aliphatic carbocycles. The van der Waals surface area contributed by atoms with E-state index in [0.29, 0.717) is 12.5 Å². The summed E-state index contributed by atoms with van der Waals surface area (Å²) in [5.74, 6) is -2.73. The molecule has 1 amide bonds. The SMILES string of the molecule is NC(=O)[C@H](O)[CH]c1cccc(C(F)(F)F)c1F. The van der Waals surface area contributed by atoms with Crippen LogP contribution in [0, 0.1) is 12.2 Å². The first-order chi connectivity index (χ1) is 7.73. The molecule has 93 valence electrons. The third-order valence-electron chi connectivity index (χ3n) is 1.96. The highest BCUT2D eigenvalue weighted by Gasteiger charge is 2.35. The normalized spacial score (nSPS) is 13.5. The van der Waals surface area contributed by atoms with Gasteiger partial charge in [-0.25, -0.2) is 4.39 Å². The van der Waals surface area contributed by atoms with Gasteiger partial charge in [-0.15, -0.1) is 0 Å². The van der Waals surface area contributed by atoms with Gasteiger partial charge in [0.15, 0.2) is 0 Å². The lowest BCUT2D eigenvalue weighted by Crippen LogP contribution is -2.29. The maximum atomic E-state index is 13.4. The van der Waals surface area contributed by atoms with Crippen LogP contribution in [0.1, 0.15) is 11.1 Å². The first kappa shape index (κ1) is 13.4. The van der Waals surface area contributed by atoms with Crippen LogP contribution in [0.2, 0.25) is 0 Å². The molecule has 0 heterocycles. The molecule has 0 bridgehead atoms. The van der Waals surface area contributed by atoms with Crippen molar-refractivity contribution in [3.63, 3.8) is 0 Å². The molecule has 17 heavy (non-hydrogen) atoms. The van der Waals surface area contributed by atoms with Crippen molar-refractivity contribution in [2.24, 2.45) is 5.73 Å². The number of benzene rings is 1. The van der Waals surface area contributed by atoms with E-state index < -0.39 is 35.1 Å². The highest BCUT2D eigenvalue weighted by Crippen LogP contribution is 2.32. The van der Waals surface area contributed by atoms with Crippen LogP contribution in [0.5, 0.6) is 0 Å². The molecule has 0 aliphatic heterocycles.